The molecule has 0 radical (unpaired) electrons. The van der Waals surface area contributed by atoms with Crippen LogP contribution in [-0.2, 0) is 6.54 Å². The number of halogens is 3. The Morgan fingerprint density at radius 3 is 2.61 bits per heavy atom. The third kappa shape index (κ3) is 2.91. The van der Waals surface area contributed by atoms with Crippen molar-refractivity contribution >= 4 is 27.7 Å². The first kappa shape index (κ1) is 13.5. The number of rotatable bonds is 3. The maximum Gasteiger partial charge on any atom is 0.137 e. The highest BCUT2D eigenvalue weighted by atomic mass is 79.9. The van der Waals surface area contributed by atoms with Crippen molar-refractivity contribution in [3.05, 3.63) is 58.1 Å². The summed E-state index contributed by atoms with van der Waals surface area (Å²) in [5.41, 5.74) is 6.54. The van der Waals surface area contributed by atoms with Gasteiger partial charge in [-0.05, 0) is 35.9 Å². The molecule has 0 aliphatic rings. The van der Waals surface area contributed by atoms with E-state index in [-0.39, 0.29) is 4.90 Å². The zero-order chi connectivity index (χ0) is 13.1. The summed E-state index contributed by atoms with van der Waals surface area (Å²) in [6.07, 6.45) is 0. The van der Waals surface area contributed by atoms with E-state index >= 15 is 0 Å². The average Bonchev–Trinajstić information content (AvgIpc) is 2.34. The molecule has 0 heterocycles. The van der Waals surface area contributed by atoms with Gasteiger partial charge in [-0.1, -0.05) is 33.8 Å². The van der Waals surface area contributed by atoms with E-state index < -0.39 is 11.6 Å². The number of hydrogen-bond donors (Lipinski definition) is 1. The van der Waals surface area contributed by atoms with E-state index in [1.165, 1.54) is 17.8 Å². The molecule has 0 saturated heterocycles. The SMILES string of the molecule is NCc1c(Br)cccc1Sc1cc(F)ccc1F. The highest BCUT2D eigenvalue weighted by molar-refractivity contribution is 9.10. The lowest BCUT2D eigenvalue weighted by Crippen LogP contribution is -1.99. The first-order valence-corrected chi connectivity index (χ1v) is 6.83. The standard InChI is InChI=1S/C13H10BrF2NS/c14-10-2-1-3-12(9(10)7-17)18-13-6-8(15)4-5-11(13)16/h1-6H,7,17H2. The second-order valence-electron chi connectivity index (χ2n) is 3.60. The van der Waals surface area contributed by atoms with Gasteiger partial charge in [0.2, 0.25) is 0 Å². The van der Waals surface area contributed by atoms with Crippen molar-refractivity contribution in [3.8, 4) is 0 Å². The topological polar surface area (TPSA) is 26.0 Å². The summed E-state index contributed by atoms with van der Waals surface area (Å²) in [4.78, 5) is 1.07. The monoisotopic (exact) mass is 329 g/mol. The third-order valence-electron chi connectivity index (χ3n) is 2.39. The first-order chi connectivity index (χ1) is 8.61. The van der Waals surface area contributed by atoms with Crippen LogP contribution in [0.25, 0.3) is 0 Å². The average molecular weight is 330 g/mol. The number of hydrogen-bond acceptors (Lipinski definition) is 2. The maximum atomic E-state index is 13.6. The molecule has 0 atom stereocenters. The summed E-state index contributed by atoms with van der Waals surface area (Å²) in [6.45, 7) is 0.334. The second-order valence-corrected chi connectivity index (χ2v) is 5.54. The Hall–Kier alpha value is -0.910. The van der Waals surface area contributed by atoms with E-state index in [9.17, 15) is 8.78 Å². The van der Waals surface area contributed by atoms with Gasteiger partial charge < -0.3 is 5.73 Å². The maximum absolute atomic E-state index is 13.6. The van der Waals surface area contributed by atoms with Gasteiger partial charge in [0, 0.05) is 15.9 Å². The summed E-state index contributed by atoms with van der Waals surface area (Å²) < 4.78 is 27.5. The van der Waals surface area contributed by atoms with E-state index in [1.54, 1.807) is 0 Å². The molecule has 2 aromatic carbocycles. The highest BCUT2D eigenvalue weighted by Gasteiger charge is 2.10. The van der Waals surface area contributed by atoms with Gasteiger partial charge in [-0.2, -0.15) is 0 Å². The van der Waals surface area contributed by atoms with Crippen LogP contribution in [0.1, 0.15) is 5.56 Å². The number of nitrogens with two attached hydrogens (primary N) is 1. The molecule has 2 aromatic rings. The minimum absolute atomic E-state index is 0.253. The molecule has 0 aliphatic heterocycles. The van der Waals surface area contributed by atoms with Crippen LogP contribution in [0, 0.1) is 11.6 Å². The molecule has 0 saturated carbocycles. The van der Waals surface area contributed by atoms with Crippen molar-refractivity contribution in [3.63, 3.8) is 0 Å². The lowest BCUT2D eigenvalue weighted by molar-refractivity contribution is 0.577. The van der Waals surface area contributed by atoms with Crippen LogP contribution in [0.5, 0.6) is 0 Å². The van der Waals surface area contributed by atoms with E-state index in [1.807, 2.05) is 18.2 Å². The van der Waals surface area contributed by atoms with Gasteiger partial charge in [0.15, 0.2) is 0 Å². The zero-order valence-corrected chi connectivity index (χ0v) is 11.7. The molecule has 1 nitrogen and oxygen atoms in total. The summed E-state index contributed by atoms with van der Waals surface area (Å²) in [6, 6.07) is 8.95. The van der Waals surface area contributed by atoms with Gasteiger partial charge in [-0.3, -0.25) is 0 Å². The normalized spacial score (nSPS) is 10.7. The molecular weight excluding hydrogens is 320 g/mol. The summed E-state index contributed by atoms with van der Waals surface area (Å²) in [5.74, 6) is -0.896. The van der Waals surface area contributed by atoms with Crippen LogP contribution in [0.4, 0.5) is 8.78 Å². The molecular formula is C13H10BrF2NS. The molecule has 94 valence electrons. The summed E-state index contributed by atoms with van der Waals surface area (Å²) in [5, 5.41) is 0. The van der Waals surface area contributed by atoms with Crippen LogP contribution in [-0.4, -0.2) is 0 Å². The molecule has 0 fully saturated rings. The zero-order valence-electron chi connectivity index (χ0n) is 9.29. The smallest absolute Gasteiger partial charge is 0.137 e. The fraction of sp³-hybridized carbons (Fsp3) is 0.0769. The van der Waals surface area contributed by atoms with Gasteiger partial charge in [0.05, 0.1) is 4.90 Å². The predicted octanol–water partition coefficient (Wildman–Crippen LogP) is 4.34. The molecule has 2 rings (SSSR count). The van der Waals surface area contributed by atoms with Crippen molar-refractivity contribution in [2.24, 2.45) is 5.73 Å². The minimum atomic E-state index is -0.455. The van der Waals surface area contributed by atoms with E-state index in [0.717, 1.165) is 27.1 Å². The fourth-order valence-electron chi connectivity index (χ4n) is 1.51. The molecule has 0 spiro atoms. The van der Waals surface area contributed by atoms with Gasteiger partial charge >= 0.3 is 0 Å². The fourth-order valence-corrected chi connectivity index (χ4v) is 3.20. The lowest BCUT2D eigenvalue weighted by Gasteiger charge is -2.10. The minimum Gasteiger partial charge on any atom is -0.326 e. The van der Waals surface area contributed by atoms with E-state index in [2.05, 4.69) is 15.9 Å². The van der Waals surface area contributed by atoms with Crippen LogP contribution in [0.2, 0.25) is 0 Å². The van der Waals surface area contributed by atoms with Crippen molar-refractivity contribution in [1.29, 1.82) is 0 Å². The predicted molar refractivity (Wildman–Crippen MR) is 72.5 cm³/mol. The van der Waals surface area contributed by atoms with Crippen molar-refractivity contribution in [1.82, 2.24) is 0 Å². The molecule has 0 aliphatic carbocycles. The van der Waals surface area contributed by atoms with Crippen LogP contribution >= 0.6 is 27.7 Å². The Balaban J connectivity index is 2.40. The highest BCUT2D eigenvalue weighted by Crippen LogP contribution is 2.35. The van der Waals surface area contributed by atoms with Crippen molar-refractivity contribution < 1.29 is 8.78 Å². The largest absolute Gasteiger partial charge is 0.326 e. The molecule has 0 bridgehead atoms. The second kappa shape index (κ2) is 5.82. The van der Waals surface area contributed by atoms with Crippen molar-refractivity contribution in [2.75, 3.05) is 0 Å². The Kier molecular flexibility index (Phi) is 4.37. The van der Waals surface area contributed by atoms with Crippen LogP contribution in [0.15, 0.2) is 50.7 Å². The Morgan fingerprint density at radius 2 is 1.89 bits per heavy atom. The molecule has 0 unspecified atom stereocenters. The Morgan fingerprint density at radius 1 is 1.11 bits per heavy atom. The van der Waals surface area contributed by atoms with Crippen LogP contribution in [0.3, 0.4) is 0 Å². The van der Waals surface area contributed by atoms with Gasteiger partial charge in [0.1, 0.15) is 11.6 Å². The molecule has 5 heteroatoms. The van der Waals surface area contributed by atoms with Crippen LogP contribution < -0.4 is 5.73 Å². The lowest BCUT2D eigenvalue weighted by atomic mass is 10.2. The Labute approximate surface area is 117 Å². The third-order valence-corrected chi connectivity index (χ3v) is 4.27. The van der Waals surface area contributed by atoms with Gasteiger partial charge in [-0.15, -0.1) is 0 Å². The molecule has 2 N–H and O–H groups in total. The summed E-state index contributed by atoms with van der Waals surface area (Å²) in [7, 11) is 0. The number of benzene rings is 2. The molecule has 0 amide bonds. The van der Waals surface area contributed by atoms with E-state index in [4.69, 9.17) is 5.73 Å². The summed E-state index contributed by atoms with van der Waals surface area (Å²) >= 11 is 4.56. The first-order valence-electron chi connectivity index (χ1n) is 5.22. The molecule has 0 aromatic heterocycles. The Bertz CT molecular complexity index is 575. The van der Waals surface area contributed by atoms with Gasteiger partial charge in [-0.25, -0.2) is 8.78 Å². The van der Waals surface area contributed by atoms with E-state index in [0.29, 0.717) is 6.54 Å². The van der Waals surface area contributed by atoms with Gasteiger partial charge in [0.25, 0.3) is 0 Å². The molecule has 18 heavy (non-hydrogen) atoms. The quantitative estimate of drug-likeness (QED) is 0.906. The van der Waals surface area contributed by atoms with Crippen molar-refractivity contribution in [2.45, 2.75) is 16.3 Å².